The number of benzene rings is 1. The number of fused-ring (bicyclic) bond motifs is 1. The smallest absolute Gasteiger partial charge is 0.256 e. The van der Waals surface area contributed by atoms with Gasteiger partial charge in [0.15, 0.2) is 0 Å². The number of nitrogens with zero attached hydrogens (tertiary/aromatic N) is 1. The van der Waals surface area contributed by atoms with Gasteiger partial charge in [-0.2, -0.15) is 0 Å². The van der Waals surface area contributed by atoms with Crippen LogP contribution in [0.2, 0.25) is 0 Å². The van der Waals surface area contributed by atoms with Gasteiger partial charge in [0.05, 0.1) is 23.5 Å². The molecule has 1 aliphatic rings. The zero-order valence-corrected chi connectivity index (χ0v) is 12.9. The Morgan fingerprint density at radius 3 is 2.67 bits per heavy atom. The summed E-state index contributed by atoms with van der Waals surface area (Å²) in [7, 11) is 0. The molecular formula is C16H25N3O2. The Balaban J connectivity index is 2.32. The lowest BCUT2D eigenvalue weighted by Crippen LogP contribution is -2.42. The van der Waals surface area contributed by atoms with Crippen LogP contribution in [0.1, 0.15) is 37.0 Å². The Morgan fingerprint density at radius 2 is 2.00 bits per heavy atom. The largest absolute Gasteiger partial charge is 0.395 e. The fourth-order valence-corrected chi connectivity index (χ4v) is 2.89. The van der Waals surface area contributed by atoms with Crippen LogP contribution in [0.25, 0.3) is 0 Å². The number of rotatable bonds is 6. The van der Waals surface area contributed by atoms with Crippen LogP contribution in [0.5, 0.6) is 0 Å². The zero-order chi connectivity index (χ0) is 15.2. The average Bonchev–Trinajstić information content (AvgIpc) is 2.54. The second-order valence-corrected chi connectivity index (χ2v) is 5.27. The fourth-order valence-electron chi connectivity index (χ4n) is 2.89. The van der Waals surface area contributed by atoms with E-state index >= 15 is 0 Å². The molecule has 0 spiro atoms. The van der Waals surface area contributed by atoms with Gasteiger partial charge in [0.1, 0.15) is 0 Å². The van der Waals surface area contributed by atoms with E-state index in [1.807, 2.05) is 18.2 Å². The number of carbonyl (C=O) groups excluding carboxylic acids is 1. The van der Waals surface area contributed by atoms with Crippen molar-refractivity contribution in [3.63, 3.8) is 0 Å². The third kappa shape index (κ3) is 3.29. The molecule has 21 heavy (non-hydrogen) atoms. The van der Waals surface area contributed by atoms with Gasteiger partial charge >= 0.3 is 0 Å². The summed E-state index contributed by atoms with van der Waals surface area (Å²) in [4.78, 5) is 14.7. The Morgan fingerprint density at radius 1 is 1.29 bits per heavy atom. The quantitative estimate of drug-likeness (QED) is 0.751. The number of amides is 1. The molecule has 0 saturated heterocycles. The molecule has 0 bridgehead atoms. The molecule has 0 aliphatic carbocycles. The van der Waals surface area contributed by atoms with Crippen molar-refractivity contribution in [1.29, 1.82) is 0 Å². The van der Waals surface area contributed by atoms with E-state index in [1.54, 1.807) is 4.90 Å². The van der Waals surface area contributed by atoms with Crippen molar-refractivity contribution in [2.75, 3.05) is 36.9 Å². The molecule has 1 aromatic carbocycles. The summed E-state index contributed by atoms with van der Waals surface area (Å²) in [6.45, 7) is 6.18. The maximum atomic E-state index is 12.9. The van der Waals surface area contributed by atoms with Crippen molar-refractivity contribution in [2.45, 2.75) is 32.7 Å². The Hall–Kier alpha value is -1.75. The Kier molecular flexibility index (Phi) is 5.44. The fraction of sp³-hybridized carbons (Fsp3) is 0.562. The molecule has 0 fully saturated rings. The van der Waals surface area contributed by atoms with E-state index in [9.17, 15) is 9.90 Å². The Bertz CT molecular complexity index is 486. The lowest BCUT2D eigenvalue weighted by molar-refractivity contribution is 0.0623. The van der Waals surface area contributed by atoms with Crippen LogP contribution in [0.3, 0.4) is 0 Å². The van der Waals surface area contributed by atoms with Crippen molar-refractivity contribution >= 4 is 17.3 Å². The maximum absolute atomic E-state index is 12.9. The highest BCUT2D eigenvalue weighted by atomic mass is 16.3. The van der Waals surface area contributed by atoms with Gasteiger partial charge in [-0.25, -0.2) is 0 Å². The Labute approximate surface area is 126 Å². The maximum Gasteiger partial charge on any atom is 0.256 e. The van der Waals surface area contributed by atoms with Crippen molar-refractivity contribution in [1.82, 2.24) is 4.90 Å². The molecule has 116 valence electrons. The number of hydrogen-bond donors (Lipinski definition) is 3. The predicted octanol–water partition coefficient (Wildman–Crippen LogP) is 2.15. The average molecular weight is 291 g/mol. The normalized spacial score (nSPS) is 13.3. The highest BCUT2D eigenvalue weighted by Crippen LogP contribution is 2.30. The molecule has 2 rings (SSSR count). The highest BCUT2D eigenvalue weighted by molar-refractivity contribution is 6.03. The summed E-state index contributed by atoms with van der Waals surface area (Å²) in [5.74, 6) is -0.00852. The molecule has 0 unspecified atom stereocenters. The van der Waals surface area contributed by atoms with Gasteiger partial charge < -0.3 is 20.6 Å². The van der Waals surface area contributed by atoms with Gasteiger partial charge in [-0.05, 0) is 25.0 Å². The van der Waals surface area contributed by atoms with Crippen LogP contribution in [0.15, 0.2) is 18.2 Å². The van der Waals surface area contributed by atoms with E-state index in [2.05, 4.69) is 24.5 Å². The van der Waals surface area contributed by atoms with Gasteiger partial charge in [-0.1, -0.05) is 19.9 Å². The standard InChI is InChI=1S/C16H25N3O2/c1-3-12(4-2)19(10-11-20)16(21)13-6-5-7-14-15(13)18-9-8-17-14/h5-7,12,17-18,20H,3-4,8-11H2,1-2H3. The first-order chi connectivity index (χ1) is 10.2. The summed E-state index contributed by atoms with van der Waals surface area (Å²) in [5, 5.41) is 15.9. The minimum atomic E-state index is -0.0110. The molecule has 0 atom stereocenters. The number of aliphatic hydroxyl groups excluding tert-OH is 1. The second kappa shape index (κ2) is 7.31. The van der Waals surface area contributed by atoms with Gasteiger partial charge in [0.25, 0.3) is 5.91 Å². The highest BCUT2D eigenvalue weighted by Gasteiger charge is 2.25. The molecule has 0 aromatic heterocycles. The number of anilines is 2. The van der Waals surface area contributed by atoms with Gasteiger partial charge in [0.2, 0.25) is 0 Å². The molecule has 0 radical (unpaired) electrons. The lowest BCUT2D eigenvalue weighted by atomic mass is 10.0. The van der Waals surface area contributed by atoms with Crippen LogP contribution in [0, 0.1) is 0 Å². The van der Waals surface area contributed by atoms with E-state index in [0.29, 0.717) is 12.1 Å². The molecule has 5 nitrogen and oxygen atoms in total. The minimum Gasteiger partial charge on any atom is -0.395 e. The SMILES string of the molecule is CCC(CC)N(CCO)C(=O)c1cccc2c1NCCN2. The number of hydrogen-bond acceptors (Lipinski definition) is 4. The summed E-state index contributed by atoms with van der Waals surface area (Å²) in [5.41, 5.74) is 2.53. The molecule has 1 aromatic rings. The molecule has 1 heterocycles. The topological polar surface area (TPSA) is 64.6 Å². The summed E-state index contributed by atoms with van der Waals surface area (Å²) in [6.07, 6.45) is 1.78. The van der Waals surface area contributed by atoms with Crippen molar-refractivity contribution in [3.05, 3.63) is 23.8 Å². The molecule has 1 amide bonds. The number of nitrogens with one attached hydrogen (secondary N) is 2. The van der Waals surface area contributed by atoms with Crippen LogP contribution in [-0.4, -0.2) is 48.2 Å². The number of para-hydroxylation sites is 1. The van der Waals surface area contributed by atoms with Crippen molar-refractivity contribution < 1.29 is 9.90 Å². The molecule has 5 heteroatoms. The molecule has 0 saturated carbocycles. The summed E-state index contributed by atoms with van der Waals surface area (Å²) < 4.78 is 0. The van der Waals surface area contributed by atoms with Crippen LogP contribution in [-0.2, 0) is 0 Å². The van der Waals surface area contributed by atoms with Crippen LogP contribution >= 0.6 is 0 Å². The number of aliphatic hydroxyl groups is 1. The van der Waals surface area contributed by atoms with Crippen LogP contribution < -0.4 is 10.6 Å². The zero-order valence-electron chi connectivity index (χ0n) is 12.9. The van der Waals surface area contributed by atoms with Gasteiger partial charge in [-0.3, -0.25) is 4.79 Å². The predicted molar refractivity (Wildman–Crippen MR) is 85.9 cm³/mol. The third-order valence-corrected chi connectivity index (χ3v) is 4.02. The van der Waals surface area contributed by atoms with Crippen molar-refractivity contribution in [2.24, 2.45) is 0 Å². The molecule has 1 aliphatic heterocycles. The van der Waals surface area contributed by atoms with E-state index in [-0.39, 0.29) is 18.6 Å². The first-order valence-corrected chi connectivity index (χ1v) is 7.75. The first-order valence-electron chi connectivity index (χ1n) is 7.75. The lowest BCUT2D eigenvalue weighted by Gasteiger charge is -2.32. The third-order valence-electron chi connectivity index (χ3n) is 4.02. The van der Waals surface area contributed by atoms with E-state index in [0.717, 1.165) is 37.3 Å². The minimum absolute atomic E-state index is 0.00852. The molecular weight excluding hydrogens is 266 g/mol. The summed E-state index contributed by atoms with van der Waals surface area (Å²) >= 11 is 0. The molecule has 3 N–H and O–H groups in total. The van der Waals surface area contributed by atoms with E-state index in [1.165, 1.54) is 0 Å². The monoisotopic (exact) mass is 291 g/mol. The van der Waals surface area contributed by atoms with E-state index < -0.39 is 0 Å². The summed E-state index contributed by atoms with van der Waals surface area (Å²) in [6, 6.07) is 5.90. The van der Waals surface area contributed by atoms with Crippen molar-refractivity contribution in [3.8, 4) is 0 Å². The number of carbonyl (C=O) groups is 1. The van der Waals surface area contributed by atoms with Crippen LogP contribution in [0.4, 0.5) is 11.4 Å². The second-order valence-electron chi connectivity index (χ2n) is 5.27. The van der Waals surface area contributed by atoms with Gasteiger partial charge in [0, 0.05) is 25.7 Å². The van der Waals surface area contributed by atoms with E-state index in [4.69, 9.17) is 0 Å². The first kappa shape index (κ1) is 15.6. The van der Waals surface area contributed by atoms with Gasteiger partial charge in [-0.15, -0.1) is 0 Å².